The first-order valence-corrected chi connectivity index (χ1v) is 6.50. The summed E-state index contributed by atoms with van der Waals surface area (Å²) in [5, 5.41) is 7.05. The second-order valence-corrected chi connectivity index (χ2v) is 4.77. The zero-order chi connectivity index (χ0) is 13.4. The molecule has 0 saturated heterocycles. The summed E-state index contributed by atoms with van der Waals surface area (Å²) >= 11 is 0. The predicted octanol–water partition coefficient (Wildman–Crippen LogP) is 2.07. The number of amides is 1. The van der Waals surface area contributed by atoms with Crippen LogP contribution in [0.5, 0.6) is 0 Å². The number of rotatable bonds is 3. The van der Waals surface area contributed by atoms with Crippen molar-refractivity contribution in [1.29, 1.82) is 0 Å². The van der Waals surface area contributed by atoms with Crippen LogP contribution in [0, 0.1) is 6.92 Å². The van der Waals surface area contributed by atoms with Gasteiger partial charge in [-0.3, -0.25) is 14.9 Å². The highest BCUT2D eigenvalue weighted by molar-refractivity contribution is 5.98. The van der Waals surface area contributed by atoms with Crippen molar-refractivity contribution in [3.8, 4) is 0 Å². The molecule has 0 radical (unpaired) electrons. The van der Waals surface area contributed by atoms with Crippen LogP contribution in [-0.4, -0.2) is 32.5 Å². The average molecular weight is 256 g/mol. The fourth-order valence-electron chi connectivity index (χ4n) is 2.66. The van der Waals surface area contributed by atoms with Crippen molar-refractivity contribution in [2.24, 2.45) is 0 Å². The lowest BCUT2D eigenvalue weighted by Crippen LogP contribution is -2.30. The van der Waals surface area contributed by atoms with E-state index in [0.29, 0.717) is 5.69 Å². The number of H-pyrrole nitrogens is 1. The number of carbonyl (C=O) groups excluding carboxylic acids is 1. The summed E-state index contributed by atoms with van der Waals surface area (Å²) in [6, 6.07) is 5.68. The minimum Gasteiger partial charge on any atom is -0.324 e. The van der Waals surface area contributed by atoms with Crippen molar-refractivity contribution in [1.82, 2.24) is 20.1 Å². The lowest BCUT2D eigenvalue weighted by Gasteiger charge is -2.24. The molecule has 2 aromatic heterocycles. The lowest BCUT2D eigenvalue weighted by molar-refractivity contribution is 0.0741. The Morgan fingerprint density at radius 3 is 2.95 bits per heavy atom. The van der Waals surface area contributed by atoms with E-state index >= 15 is 0 Å². The summed E-state index contributed by atoms with van der Waals surface area (Å²) in [7, 11) is 0. The maximum Gasteiger partial charge on any atom is 0.275 e. The number of aromatic nitrogens is 3. The van der Waals surface area contributed by atoms with E-state index in [1.54, 1.807) is 6.20 Å². The highest BCUT2D eigenvalue weighted by atomic mass is 16.2. The Kier molecular flexibility index (Phi) is 2.81. The Balaban J connectivity index is 2.13. The minimum atomic E-state index is -0.109. The first kappa shape index (κ1) is 11.9. The van der Waals surface area contributed by atoms with Gasteiger partial charge in [0.2, 0.25) is 0 Å². The molecule has 1 N–H and O–H groups in total. The molecule has 3 heterocycles. The number of nitrogens with zero attached hydrogens (tertiary/aromatic N) is 3. The van der Waals surface area contributed by atoms with Gasteiger partial charge in [0.05, 0.1) is 5.69 Å². The first-order chi connectivity index (χ1) is 9.24. The minimum absolute atomic E-state index is 0.00291. The molecule has 19 heavy (non-hydrogen) atoms. The third-order valence-electron chi connectivity index (χ3n) is 3.48. The Morgan fingerprint density at radius 2 is 2.26 bits per heavy atom. The van der Waals surface area contributed by atoms with Crippen LogP contribution in [0.15, 0.2) is 24.4 Å². The van der Waals surface area contributed by atoms with E-state index in [9.17, 15) is 4.79 Å². The Bertz CT molecular complexity index is 605. The van der Waals surface area contributed by atoms with Gasteiger partial charge in [0, 0.05) is 24.0 Å². The van der Waals surface area contributed by atoms with Gasteiger partial charge >= 0.3 is 0 Å². The van der Waals surface area contributed by atoms with E-state index in [1.807, 2.05) is 30.0 Å². The zero-order valence-corrected chi connectivity index (χ0v) is 11.1. The highest BCUT2D eigenvalue weighted by Gasteiger charge is 2.41. The van der Waals surface area contributed by atoms with Crippen molar-refractivity contribution in [2.75, 3.05) is 6.54 Å². The third kappa shape index (κ3) is 1.73. The molecule has 1 aliphatic heterocycles. The standard InChI is InChI=1S/C14H16N4O/c1-3-8-18-13(10-6-4-5-7-15-10)11-9(2)16-17-12(11)14(18)19/h4-7,13H,3,8H2,1-2H3,(H,16,17)/t13-/m0/s1. The molecule has 0 spiro atoms. The van der Waals surface area contributed by atoms with Crippen LogP contribution in [0.1, 0.15) is 46.8 Å². The van der Waals surface area contributed by atoms with Gasteiger partial charge in [-0.15, -0.1) is 0 Å². The molecule has 5 nitrogen and oxygen atoms in total. The van der Waals surface area contributed by atoms with Crippen LogP contribution in [0.2, 0.25) is 0 Å². The zero-order valence-electron chi connectivity index (χ0n) is 11.1. The van der Waals surface area contributed by atoms with Gasteiger partial charge in [0.15, 0.2) is 5.69 Å². The summed E-state index contributed by atoms with van der Waals surface area (Å²) < 4.78 is 0. The summed E-state index contributed by atoms with van der Waals surface area (Å²) in [5.74, 6) is -0.00291. The van der Waals surface area contributed by atoms with Gasteiger partial charge in [-0.1, -0.05) is 13.0 Å². The largest absolute Gasteiger partial charge is 0.324 e. The average Bonchev–Trinajstić information content (AvgIpc) is 2.93. The molecular weight excluding hydrogens is 240 g/mol. The van der Waals surface area contributed by atoms with E-state index < -0.39 is 0 Å². The normalized spacial score (nSPS) is 17.9. The number of fused-ring (bicyclic) bond motifs is 1. The predicted molar refractivity (Wildman–Crippen MR) is 70.7 cm³/mol. The number of aromatic amines is 1. The van der Waals surface area contributed by atoms with E-state index in [2.05, 4.69) is 22.1 Å². The van der Waals surface area contributed by atoms with Crippen LogP contribution in [-0.2, 0) is 0 Å². The monoisotopic (exact) mass is 256 g/mol. The number of nitrogens with one attached hydrogen (secondary N) is 1. The SMILES string of the molecule is CCCN1C(=O)c2n[nH]c(C)c2[C@@H]1c1ccccn1. The van der Waals surface area contributed by atoms with Gasteiger partial charge in [-0.25, -0.2) is 0 Å². The summed E-state index contributed by atoms with van der Waals surface area (Å²) in [4.78, 5) is 18.7. The molecule has 2 aromatic rings. The molecule has 0 saturated carbocycles. The van der Waals surface area contributed by atoms with Crippen molar-refractivity contribution in [3.63, 3.8) is 0 Å². The van der Waals surface area contributed by atoms with E-state index in [0.717, 1.165) is 29.9 Å². The first-order valence-electron chi connectivity index (χ1n) is 6.50. The fraction of sp³-hybridized carbons (Fsp3) is 0.357. The second-order valence-electron chi connectivity index (χ2n) is 4.77. The summed E-state index contributed by atoms with van der Waals surface area (Å²) in [6.45, 7) is 4.73. The lowest BCUT2D eigenvalue weighted by atomic mass is 10.0. The molecule has 0 unspecified atom stereocenters. The van der Waals surface area contributed by atoms with Crippen LogP contribution < -0.4 is 0 Å². The smallest absolute Gasteiger partial charge is 0.275 e. The molecular formula is C14H16N4O. The van der Waals surface area contributed by atoms with Crippen molar-refractivity contribution in [3.05, 3.63) is 47.0 Å². The van der Waals surface area contributed by atoms with Crippen molar-refractivity contribution < 1.29 is 4.79 Å². The van der Waals surface area contributed by atoms with Gasteiger partial charge < -0.3 is 4.90 Å². The van der Waals surface area contributed by atoms with Gasteiger partial charge in [-0.05, 0) is 25.5 Å². The number of hydrogen-bond donors (Lipinski definition) is 1. The maximum atomic E-state index is 12.4. The van der Waals surface area contributed by atoms with Crippen LogP contribution in [0.25, 0.3) is 0 Å². The van der Waals surface area contributed by atoms with Crippen molar-refractivity contribution in [2.45, 2.75) is 26.3 Å². The molecule has 0 fully saturated rings. The van der Waals surface area contributed by atoms with E-state index in [-0.39, 0.29) is 11.9 Å². The number of hydrogen-bond acceptors (Lipinski definition) is 3. The third-order valence-corrected chi connectivity index (χ3v) is 3.48. The maximum absolute atomic E-state index is 12.4. The molecule has 5 heteroatoms. The Morgan fingerprint density at radius 1 is 1.42 bits per heavy atom. The highest BCUT2D eigenvalue weighted by Crippen LogP contribution is 2.38. The van der Waals surface area contributed by atoms with Crippen LogP contribution >= 0.6 is 0 Å². The molecule has 3 rings (SSSR count). The summed E-state index contributed by atoms with van der Waals surface area (Å²) in [6.07, 6.45) is 2.68. The summed E-state index contributed by atoms with van der Waals surface area (Å²) in [5.41, 5.74) is 3.35. The quantitative estimate of drug-likeness (QED) is 0.914. The molecule has 1 amide bonds. The topological polar surface area (TPSA) is 61.9 Å². The van der Waals surface area contributed by atoms with Crippen LogP contribution in [0.4, 0.5) is 0 Å². The van der Waals surface area contributed by atoms with Crippen LogP contribution in [0.3, 0.4) is 0 Å². The van der Waals surface area contributed by atoms with Gasteiger partial charge in [0.1, 0.15) is 6.04 Å². The Labute approximate surface area is 111 Å². The van der Waals surface area contributed by atoms with Gasteiger partial charge in [0.25, 0.3) is 5.91 Å². The fourth-order valence-corrected chi connectivity index (χ4v) is 2.66. The Hall–Kier alpha value is -2.17. The molecule has 0 aromatic carbocycles. The molecule has 1 atom stereocenters. The molecule has 0 bridgehead atoms. The number of carbonyl (C=O) groups is 1. The van der Waals surface area contributed by atoms with Gasteiger partial charge in [-0.2, -0.15) is 5.10 Å². The molecule has 0 aliphatic carbocycles. The van der Waals surface area contributed by atoms with E-state index in [4.69, 9.17) is 0 Å². The number of aryl methyl sites for hydroxylation is 1. The number of pyridine rings is 1. The second kappa shape index (κ2) is 4.50. The van der Waals surface area contributed by atoms with Crippen molar-refractivity contribution >= 4 is 5.91 Å². The van der Waals surface area contributed by atoms with E-state index in [1.165, 1.54) is 0 Å². The molecule has 1 aliphatic rings. The molecule has 98 valence electrons.